The lowest BCUT2D eigenvalue weighted by Crippen LogP contribution is -2.02. The number of benzene rings is 1. The molecule has 0 N–H and O–H groups in total. The van der Waals surface area contributed by atoms with Gasteiger partial charge in [-0.2, -0.15) is 0 Å². The number of halogens is 1. The molecule has 112 valence electrons. The first kappa shape index (κ1) is 13.8. The van der Waals surface area contributed by atoms with Crippen molar-refractivity contribution < 1.29 is 4.39 Å². The smallest absolute Gasteiger partial charge is 0.234 e. The number of hydrogen-bond donors (Lipinski definition) is 0. The standard InChI is InChI=1S/C18H12FN3S/c19-15(12-14-6-3-10-23-14)17-11-13-5-1-2-7-16(13)22(17)18-20-8-4-9-21-18/h1-12H/b15-12-. The molecule has 0 aliphatic heterocycles. The molecule has 0 radical (unpaired) electrons. The van der Waals surface area contributed by atoms with E-state index in [1.807, 2.05) is 47.8 Å². The van der Waals surface area contributed by atoms with Crippen LogP contribution in [0.4, 0.5) is 4.39 Å². The number of para-hydroxylation sites is 1. The van der Waals surface area contributed by atoms with E-state index in [1.54, 1.807) is 29.1 Å². The molecule has 4 rings (SSSR count). The highest BCUT2D eigenvalue weighted by atomic mass is 32.1. The number of hydrogen-bond acceptors (Lipinski definition) is 3. The molecule has 1 aromatic carbocycles. The molecule has 0 aliphatic carbocycles. The molecule has 0 saturated heterocycles. The Morgan fingerprint density at radius 2 is 1.87 bits per heavy atom. The summed E-state index contributed by atoms with van der Waals surface area (Å²) < 4.78 is 16.6. The van der Waals surface area contributed by atoms with Gasteiger partial charge < -0.3 is 0 Å². The fourth-order valence-electron chi connectivity index (χ4n) is 2.52. The zero-order valence-electron chi connectivity index (χ0n) is 12.1. The lowest BCUT2D eigenvalue weighted by atomic mass is 10.2. The summed E-state index contributed by atoms with van der Waals surface area (Å²) >= 11 is 1.50. The van der Waals surface area contributed by atoms with Gasteiger partial charge in [-0.05, 0) is 35.7 Å². The SMILES string of the molecule is F/C(=C\c1cccs1)c1cc2ccccc2n1-c1ncccn1. The van der Waals surface area contributed by atoms with Gasteiger partial charge in [0, 0.05) is 22.7 Å². The van der Waals surface area contributed by atoms with Crippen molar-refractivity contribution in [2.75, 3.05) is 0 Å². The lowest BCUT2D eigenvalue weighted by molar-refractivity contribution is 0.748. The van der Waals surface area contributed by atoms with E-state index in [-0.39, 0.29) is 5.83 Å². The second kappa shape index (κ2) is 5.78. The summed E-state index contributed by atoms with van der Waals surface area (Å²) in [7, 11) is 0. The summed E-state index contributed by atoms with van der Waals surface area (Å²) in [4.78, 5) is 9.41. The Hall–Kier alpha value is -2.79. The lowest BCUT2D eigenvalue weighted by Gasteiger charge is -2.07. The highest BCUT2D eigenvalue weighted by molar-refractivity contribution is 7.10. The van der Waals surface area contributed by atoms with Crippen molar-refractivity contribution in [3.05, 3.63) is 76.9 Å². The van der Waals surface area contributed by atoms with Gasteiger partial charge in [0.2, 0.25) is 5.95 Å². The molecule has 0 fully saturated rings. The van der Waals surface area contributed by atoms with Crippen molar-refractivity contribution in [2.24, 2.45) is 0 Å². The molecule has 0 atom stereocenters. The molecule has 0 unspecified atom stereocenters. The van der Waals surface area contributed by atoms with Gasteiger partial charge in [0.15, 0.2) is 0 Å². The third-order valence-electron chi connectivity index (χ3n) is 3.52. The fraction of sp³-hybridized carbons (Fsp3) is 0. The summed E-state index contributed by atoms with van der Waals surface area (Å²) in [5.41, 5.74) is 1.33. The maximum Gasteiger partial charge on any atom is 0.234 e. The molecular formula is C18H12FN3S. The zero-order valence-corrected chi connectivity index (χ0v) is 12.9. The molecule has 0 bridgehead atoms. The van der Waals surface area contributed by atoms with Gasteiger partial charge in [-0.15, -0.1) is 11.3 Å². The quantitative estimate of drug-likeness (QED) is 0.534. The maximum absolute atomic E-state index is 14.9. The average Bonchev–Trinajstić information content (AvgIpc) is 3.22. The van der Waals surface area contributed by atoms with Crippen LogP contribution in [0.5, 0.6) is 0 Å². The van der Waals surface area contributed by atoms with E-state index in [4.69, 9.17) is 0 Å². The summed E-state index contributed by atoms with van der Waals surface area (Å²) in [6.07, 6.45) is 4.85. The Labute approximate surface area is 136 Å². The van der Waals surface area contributed by atoms with Gasteiger partial charge in [-0.1, -0.05) is 24.3 Å². The van der Waals surface area contributed by atoms with Crippen LogP contribution in [0, 0.1) is 0 Å². The third kappa shape index (κ3) is 2.55. The van der Waals surface area contributed by atoms with Crippen molar-refractivity contribution in [1.82, 2.24) is 14.5 Å². The third-order valence-corrected chi connectivity index (χ3v) is 4.34. The first-order valence-electron chi connectivity index (χ1n) is 7.12. The molecule has 5 heteroatoms. The van der Waals surface area contributed by atoms with Crippen molar-refractivity contribution in [3.63, 3.8) is 0 Å². The number of nitrogens with zero attached hydrogens (tertiary/aromatic N) is 3. The maximum atomic E-state index is 14.9. The topological polar surface area (TPSA) is 30.7 Å². The van der Waals surface area contributed by atoms with Crippen molar-refractivity contribution >= 4 is 34.1 Å². The van der Waals surface area contributed by atoms with E-state index in [9.17, 15) is 4.39 Å². The summed E-state index contributed by atoms with van der Waals surface area (Å²) in [6, 6.07) is 15.1. The van der Waals surface area contributed by atoms with Crippen LogP contribution < -0.4 is 0 Å². The molecule has 0 aliphatic rings. The van der Waals surface area contributed by atoms with Crippen molar-refractivity contribution in [2.45, 2.75) is 0 Å². The van der Waals surface area contributed by atoms with Crippen LogP contribution in [-0.2, 0) is 0 Å². The van der Waals surface area contributed by atoms with Gasteiger partial charge in [0.25, 0.3) is 0 Å². The Bertz CT molecular complexity index is 972. The van der Waals surface area contributed by atoms with Gasteiger partial charge in [0.1, 0.15) is 5.83 Å². The van der Waals surface area contributed by atoms with Crippen LogP contribution in [0.25, 0.3) is 28.8 Å². The van der Waals surface area contributed by atoms with Crippen LogP contribution >= 0.6 is 11.3 Å². The van der Waals surface area contributed by atoms with Gasteiger partial charge in [-0.3, -0.25) is 4.57 Å². The van der Waals surface area contributed by atoms with E-state index < -0.39 is 0 Å². The molecule has 3 nitrogen and oxygen atoms in total. The van der Waals surface area contributed by atoms with Crippen molar-refractivity contribution in [3.8, 4) is 5.95 Å². The van der Waals surface area contributed by atoms with Crippen LogP contribution in [0.2, 0.25) is 0 Å². The monoisotopic (exact) mass is 321 g/mol. The number of rotatable bonds is 3. The summed E-state index contributed by atoms with van der Waals surface area (Å²) in [5, 5.41) is 2.87. The summed E-state index contributed by atoms with van der Waals surface area (Å²) in [6.45, 7) is 0. The van der Waals surface area contributed by atoms with Crippen LogP contribution in [0.1, 0.15) is 10.6 Å². The number of thiophene rings is 1. The van der Waals surface area contributed by atoms with Gasteiger partial charge in [0.05, 0.1) is 11.2 Å². The molecule has 3 heterocycles. The number of fused-ring (bicyclic) bond motifs is 1. The van der Waals surface area contributed by atoms with E-state index in [2.05, 4.69) is 9.97 Å². The molecule has 0 spiro atoms. The van der Waals surface area contributed by atoms with E-state index in [0.717, 1.165) is 15.8 Å². The highest BCUT2D eigenvalue weighted by Gasteiger charge is 2.15. The minimum Gasteiger partial charge on any atom is -0.276 e. The predicted octanol–water partition coefficient (Wildman–Crippen LogP) is 4.95. The second-order valence-corrected chi connectivity index (χ2v) is 5.96. The van der Waals surface area contributed by atoms with Crippen LogP contribution in [-0.4, -0.2) is 14.5 Å². The van der Waals surface area contributed by atoms with Gasteiger partial charge >= 0.3 is 0 Å². The van der Waals surface area contributed by atoms with Crippen LogP contribution in [0.15, 0.2) is 66.3 Å². The molecule has 3 aromatic heterocycles. The van der Waals surface area contributed by atoms with Crippen LogP contribution in [0.3, 0.4) is 0 Å². The molecular weight excluding hydrogens is 309 g/mol. The Morgan fingerprint density at radius 3 is 2.65 bits per heavy atom. The largest absolute Gasteiger partial charge is 0.276 e. The molecule has 0 saturated carbocycles. The van der Waals surface area contributed by atoms with E-state index in [1.165, 1.54) is 11.3 Å². The Balaban J connectivity index is 1.96. The zero-order chi connectivity index (χ0) is 15.6. The normalized spacial score (nSPS) is 12.0. The average molecular weight is 321 g/mol. The molecule has 4 aromatic rings. The minimum atomic E-state index is -0.309. The fourth-order valence-corrected chi connectivity index (χ4v) is 3.17. The summed E-state index contributed by atoms with van der Waals surface area (Å²) in [5.74, 6) is 0.148. The Kier molecular flexibility index (Phi) is 3.48. The van der Waals surface area contributed by atoms with Crippen molar-refractivity contribution in [1.29, 1.82) is 0 Å². The highest BCUT2D eigenvalue weighted by Crippen LogP contribution is 2.30. The second-order valence-electron chi connectivity index (χ2n) is 4.98. The first-order valence-corrected chi connectivity index (χ1v) is 8.00. The number of aromatic nitrogens is 3. The van der Waals surface area contributed by atoms with E-state index in [0.29, 0.717) is 11.6 Å². The van der Waals surface area contributed by atoms with Gasteiger partial charge in [-0.25, -0.2) is 14.4 Å². The first-order chi connectivity index (χ1) is 11.3. The minimum absolute atomic E-state index is 0.309. The molecule has 23 heavy (non-hydrogen) atoms. The van der Waals surface area contributed by atoms with E-state index >= 15 is 0 Å². The Morgan fingerprint density at radius 1 is 1.04 bits per heavy atom. The predicted molar refractivity (Wildman–Crippen MR) is 92.2 cm³/mol. The molecule has 0 amide bonds.